The second kappa shape index (κ2) is 4.05. The topological polar surface area (TPSA) is 77.0 Å². The normalized spacial score (nSPS) is 44.1. The predicted octanol–water partition coefficient (Wildman–Crippen LogP) is -1.38. The van der Waals surface area contributed by atoms with E-state index in [0.29, 0.717) is 6.61 Å². The van der Waals surface area contributed by atoms with Gasteiger partial charge in [0.1, 0.15) is 24.4 Å². The van der Waals surface area contributed by atoms with Crippen LogP contribution in [0.1, 0.15) is 6.92 Å². The van der Waals surface area contributed by atoms with Gasteiger partial charge in [0, 0.05) is 14.0 Å². The Morgan fingerprint density at radius 3 is 2.93 bits per heavy atom. The van der Waals surface area contributed by atoms with Gasteiger partial charge in [-0.15, -0.1) is 0 Å². The van der Waals surface area contributed by atoms with E-state index in [-0.39, 0.29) is 12.0 Å². The van der Waals surface area contributed by atoms with Crippen LogP contribution in [-0.4, -0.2) is 55.4 Å². The Balaban J connectivity index is 2.12. The summed E-state index contributed by atoms with van der Waals surface area (Å²) >= 11 is 0. The first-order valence-electron chi connectivity index (χ1n) is 4.88. The Bertz CT molecular complexity index is 259. The van der Waals surface area contributed by atoms with E-state index in [0.717, 1.165) is 0 Å². The average Bonchev–Trinajstić information content (AvgIpc) is 2.44. The van der Waals surface area contributed by atoms with Crippen LogP contribution in [-0.2, 0) is 19.0 Å². The average molecular weight is 217 g/mol. The molecule has 15 heavy (non-hydrogen) atoms. The zero-order chi connectivity index (χ0) is 11.0. The third-order valence-electron chi connectivity index (χ3n) is 2.73. The molecule has 0 saturated carbocycles. The van der Waals surface area contributed by atoms with E-state index >= 15 is 0 Å². The number of hydrogen-bond donors (Lipinski definition) is 2. The molecule has 0 radical (unpaired) electrons. The van der Waals surface area contributed by atoms with Crippen LogP contribution in [0.4, 0.5) is 0 Å². The molecule has 0 aliphatic carbocycles. The van der Waals surface area contributed by atoms with Gasteiger partial charge in [-0.05, 0) is 0 Å². The monoisotopic (exact) mass is 217 g/mol. The molecular formula is C9H15NO5. The molecule has 0 aromatic rings. The van der Waals surface area contributed by atoms with Gasteiger partial charge in [-0.1, -0.05) is 0 Å². The van der Waals surface area contributed by atoms with Crippen LogP contribution in [0.3, 0.4) is 0 Å². The first-order chi connectivity index (χ1) is 7.13. The highest BCUT2D eigenvalue weighted by Crippen LogP contribution is 2.29. The second-order valence-electron chi connectivity index (χ2n) is 3.79. The fraction of sp³-hybridized carbons (Fsp3) is 0.889. The molecule has 2 N–H and O–H groups in total. The van der Waals surface area contributed by atoms with Crippen LogP contribution >= 0.6 is 0 Å². The highest BCUT2D eigenvalue weighted by atomic mass is 16.7. The summed E-state index contributed by atoms with van der Waals surface area (Å²) in [5, 5.41) is 12.4. The van der Waals surface area contributed by atoms with Crippen LogP contribution in [0.2, 0.25) is 0 Å². The van der Waals surface area contributed by atoms with Crippen molar-refractivity contribution in [3.63, 3.8) is 0 Å². The van der Waals surface area contributed by atoms with Gasteiger partial charge < -0.3 is 24.6 Å². The maximum absolute atomic E-state index is 11.0. The van der Waals surface area contributed by atoms with Gasteiger partial charge in [0.2, 0.25) is 5.91 Å². The van der Waals surface area contributed by atoms with E-state index in [1.54, 1.807) is 0 Å². The van der Waals surface area contributed by atoms with Crippen molar-refractivity contribution in [1.29, 1.82) is 0 Å². The van der Waals surface area contributed by atoms with Crippen molar-refractivity contribution in [2.75, 3.05) is 13.7 Å². The Labute approximate surface area is 87.5 Å². The lowest BCUT2D eigenvalue weighted by Gasteiger charge is -2.37. The number of hydrogen-bond acceptors (Lipinski definition) is 5. The lowest BCUT2D eigenvalue weighted by molar-refractivity contribution is -0.217. The van der Waals surface area contributed by atoms with E-state index < -0.39 is 24.5 Å². The zero-order valence-electron chi connectivity index (χ0n) is 8.67. The van der Waals surface area contributed by atoms with Gasteiger partial charge in [-0.2, -0.15) is 0 Å². The summed E-state index contributed by atoms with van der Waals surface area (Å²) in [6.45, 7) is 1.74. The lowest BCUT2D eigenvalue weighted by Crippen LogP contribution is -2.60. The summed E-state index contributed by atoms with van der Waals surface area (Å²) in [7, 11) is 1.50. The number of aliphatic hydroxyl groups is 1. The van der Waals surface area contributed by atoms with E-state index in [1.165, 1.54) is 14.0 Å². The molecule has 2 saturated heterocycles. The number of carbonyl (C=O) groups is 1. The van der Waals surface area contributed by atoms with Gasteiger partial charge in [-0.25, -0.2) is 0 Å². The number of nitrogens with one attached hydrogen (secondary N) is 1. The molecule has 0 unspecified atom stereocenters. The molecule has 2 fully saturated rings. The van der Waals surface area contributed by atoms with Crippen LogP contribution in [0.25, 0.3) is 0 Å². The fourth-order valence-electron chi connectivity index (χ4n) is 2.05. The number of ether oxygens (including phenoxy) is 3. The summed E-state index contributed by atoms with van der Waals surface area (Å²) in [6, 6.07) is -0.457. The van der Waals surface area contributed by atoms with E-state index in [9.17, 15) is 9.90 Å². The third-order valence-corrected chi connectivity index (χ3v) is 2.73. The molecule has 2 rings (SSSR count). The zero-order valence-corrected chi connectivity index (χ0v) is 8.67. The minimum Gasteiger partial charge on any atom is -0.388 e. The molecule has 2 heterocycles. The van der Waals surface area contributed by atoms with Crippen LogP contribution in [0.15, 0.2) is 0 Å². The summed E-state index contributed by atoms with van der Waals surface area (Å²) in [5.41, 5.74) is 0. The van der Waals surface area contributed by atoms with Gasteiger partial charge >= 0.3 is 0 Å². The van der Waals surface area contributed by atoms with E-state index in [1.807, 2.05) is 0 Å². The predicted molar refractivity (Wildman–Crippen MR) is 49.0 cm³/mol. The Morgan fingerprint density at radius 2 is 2.33 bits per heavy atom. The summed E-state index contributed by atoms with van der Waals surface area (Å²) in [6.07, 6.45) is -2.06. The van der Waals surface area contributed by atoms with Crippen LogP contribution in [0, 0.1) is 0 Å². The molecular weight excluding hydrogens is 202 g/mol. The fourth-order valence-corrected chi connectivity index (χ4v) is 2.05. The molecule has 2 bridgehead atoms. The SMILES string of the molecule is CO[C@@H]1O[C@@H]2CO[C@@H]([C@@H]2O)[C@H]1NC(C)=O. The molecule has 1 amide bonds. The smallest absolute Gasteiger partial charge is 0.217 e. The number of amides is 1. The van der Waals surface area contributed by atoms with Gasteiger partial charge in [0.15, 0.2) is 6.29 Å². The molecule has 6 nitrogen and oxygen atoms in total. The largest absolute Gasteiger partial charge is 0.388 e. The van der Waals surface area contributed by atoms with Crippen molar-refractivity contribution in [1.82, 2.24) is 5.32 Å². The number of fused-ring (bicyclic) bond motifs is 2. The number of rotatable bonds is 2. The van der Waals surface area contributed by atoms with E-state index in [2.05, 4.69) is 5.32 Å². The van der Waals surface area contributed by atoms with Crippen molar-refractivity contribution in [2.45, 2.75) is 37.6 Å². The standard InChI is InChI=1S/C9H15NO5/c1-4(11)10-6-8-7(12)5(3-14-8)15-9(6)13-2/h5-9,12H,3H2,1-2H3,(H,10,11)/t5-,6-,7-,8-,9-/m1/s1. The van der Waals surface area contributed by atoms with Crippen molar-refractivity contribution in [3.05, 3.63) is 0 Å². The molecule has 6 heteroatoms. The first kappa shape index (κ1) is 10.8. The minimum atomic E-state index is -0.701. The summed E-state index contributed by atoms with van der Waals surface area (Å²) in [4.78, 5) is 11.0. The molecule has 0 aromatic carbocycles. The molecule has 0 spiro atoms. The van der Waals surface area contributed by atoms with Crippen molar-refractivity contribution in [2.24, 2.45) is 0 Å². The number of methoxy groups -OCH3 is 1. The third kappa shape index (κ3) is 1.85. The highest BCUT2D eigenvalue weighted by Gasteiger charge is 2.51. The Morgan fingerprint density at radius 1 is 1.60 bits per heavy atom. The summed E-state index contributed by atoms with van der Waals surface area (Å²) < 4.78 is 15.9. The lowest BCUT2D eigenvalue weighted by atomic mass is 10.00. The molecule has 5 atom stereocenters. The summed E-state index contributed by atoms with van der Waals surface area (Å²) in [5.74, 6) is -0.202. The Hall–Kier alpha value is -0.690. The maximum atomic E-state index is 11.0. The molecule has 2 aliphatic heterocycles. The quantitative estimate of drug-likeness (QED) is 0.596. The van der Waals surface area contributed by atoms with Crippen LogP contribution in [0.5, 0.6) is 0 Å². The highest BCUT2D eigenvalue weighted by molar-refractivity contribution is 5.73. The minimum absolute atomic E-state index is 0.202. The van der Waals surface area contributed by atoms with E-state index in [4.69, 9.17) is 14.2 Å². The molecule has 86 valence electrons. The first-order valence-corrected chi connectivity index (χ1v) is 4.88. The van der Waals surface area contributed by atoms with Gasteiger partial charge in [-0.3, -0.25) is 4.79 Å². The van der Waals surface area contributed by atoms with Crippen LogP contribution < -0.4 is 5.32 Å². The maximum Gasteiger partial charge on any atom is 0.217 e. The van der Waals surface area contributed by atoms with Gasteiger partial charge in [0.25, 0.3) is 0 Å². The van der Waals surface area contributed by atoms with Crippen molar-refractivity contribution < 1.29 is 24.1 Å². The van der Waals surface area contributed by atoms with Crippen molar-refractivity contribution >= 4 is 5.91 Å². The Kier molecular flexibility index (Phi) is 2.92. The number of carbonyl (C=O) groups excluding carboxylic acids is 1. The molecule has 2 aliphatic rings. The number of aliphatic hydroxyl groups excluding tert-OH is 1. The molecule has 0 aromatic heterocycles. The van der Waals surface area contributed by atoms with Crippen molar-refractivity contribution in [3.8, 4) is 0 Å². The second-order valence-corrected chi connectivity index (χ2v) is 3.79. The van der Waals surface area contributed by atoms with Gasteiger partial charge in [0.05, 0.1) is 6.61 Å².